The maximum Gasteiger partial charge on any atom is 0.321 e. The minimum atomic E-state index is -1.82. The molecule has 69 heavy (non-hydrogen) atoms. The first kappa shape index (κ1) is 63.5. The molecule has 400 valence electrons. The Morgan fingerprint density at radius 2 is 0.942 bits per heavy atom. The van der Waals surface area contributed by atoms with E-state index < -0.39 is 30.3 Å². The molecule has 5 amide bonds. The minimum absolute atomic E-state index is 0.0237. The number of carbonyl (C=O) groups is 7. The first-order chi connectivity index (χ1) is 33.3. The van der Waals surface area contributed by atoms with Gasteiger partial charge in [0.15, 0.2) is 6.29 Å². The molecule has 10 N–H and O–H groups in total. The van der Waals surface area contributed by atoms with Crippen molar-refractivity contribution in [3.05, 3.63) is 0 Å². The van der Waals surface area contributed by atoms with Gasteiger partial charge in [-0.1, -0.05) is 103 Å². The summed E-state index contributed by atoms with van der Waals surface area (Å²) in [5.74, 6) is -2.70. The summed E-state index contributed by atoms with van der Waals surface area (Å²) in [5.41, 5.74) is 0. The molecule has 1 aliphatic carbocycles. The topological polar surface area (TPSA) is 291 Å². The summed E-state index contributed by atoms with van der Waals surface area (Å²) in [4.78, 5) is 83.3. The lowest BCUT2D eigenvalue weighted by Crippen LogP contribution is -2.47. The van der Waals surface area contributed by atoms with Gasteiger partial charge in [-0.15, -0.1) is 0 Å². The van der Waals surface area contributed by atoms with Crippen LogP contribution in [-0.4, -0.2) is 133 Å². The molecule has 2 atom stereocenters. The Morgan fingerprint density at radius 3 is 1.41 bits per heavy atom. The van der Waals surface area contributed by atoms with E-state index in [1.807, 2.05) is 0 Å². The summed E-state index contributed by atoms with van der Waals surface area (Å²) < 4.78 is 13.3. The van der Waals surface area contributed by atoms with Crippen LogP contribution >= 0.6 is 12.8 Å². The normalized spacial score (nSPS) is 15.5. The molecule has 2 unspecified atom stereocenters. The Labute approximate surface area is 416 Å². The maximum absolute atomic E-state index is 13.0. The van der Waals surface area contributed by atoms with Crippen LogP contribution in [0.15, 0.2) is 0 Å². The minimum Gasteiger partial charge on any atom is -0.481 e. The second-order valence-corrected chi connectivity index (χ2v) is 18.7. The van der Waals surface area contributed by atoms with Crippen LogP contribution in [0.1, 0.15) is 186 Å². The highest BCUT2D eigenvalue weighted by molar-refractivity contribution is 7.78. The number of unbranched alkanes of at least 4 members (excludes halogenated alkanes) is 16. The Bertz CT molecular complexity index is 1410. The number of aliphatic carboxylic acids is 2. The fourth-order valence-electron chi connectivity index (χ4n) is 8.18. The van der Waals surface area contributed by atoms with Crippen LogP contribution in [0.3, 0.4) is 0 Å². The van der Waals surface area contributed by atoms with Gasteiger partial charge in [-0.3, -0.25) is 38.3 Å². The quantitative estimate of drug-likeness (QED) is 0.0222. The Hall–Kier alpha value is -3.56. The molecule has 1 rings (SSSR count). The number of nitrogens with one attached hydrogen (secondary N) is 6. The molecule has 0 saturated heterocycles. The lowest BCUT2D eigenvalue weighted by Gasteiger charge is -2.29. The van der Waals surface area contributed by atoms with Gasteiger partial charge < -0.3 is 56.5 Å². The van der Waals surface area contributed by atoms with Crippen molar-refractivity contribution in [2.75, 3.05) is 52.6 Å². The summed E-state index contributed by atoms with van der Waals surface area (Å²) in [5, 5.41) is 51.3. The largest absolute Gasteiger partial charge is 0.481 e. The number of carbonyl (C=O) groups excluding carboxylic acids is 5. The molecule has 19 nitrogen and oxygen atoms in total. The molecule has 0 aromatic heterocycles. The molecule has 0 aromatic carbocycles. The summed E-state index contributed by atoms with van der Waals surface area (Å²) in [6.45, 7) is 2.49. The highest BCUT2D eigenvalue weighted by Gasteiger charge is 2.29. The predicted molar refractivity (Wildman–Crippen MR) is 266 cm³/mol. The first-order valence-electron chi connectivity index (χ1n) is 26.0. The van der Waals surface area contributed by atoms with Crippen LogP contribution in [0, 0.1) is 11.8 Å². The van der Waals surface area contributed by atoms with Gasteiger partial charge in [0, 0.05) is 64.2 Å². The molecule has 0 aliphatic heterocycles. The number of aliphatic hydroxyl groups is 2. The predicted octanol–water partition coefficient (Wildman–Crippen LogP) is 4.81. The number of thiol groups is 1. The number of carboxylic acid groups (broad SMARTS) is 2. The molecule has 0 spiro atoms. The molecule has 0 aromatic rings. The van der Waals surface area contributed by atoms with Crippen molar-refractivity contribution in [1.82, 2.24) is 31.3 Å². The monoisotopic (exact) mass is 1000 g/mol. The summed E-state index contributed by atoms with van der Waals surface area (Å²) in [6, 6.07) is -1.74. The van der Waals surface area contributed by atoms with E-state index in [1.54, 1.807) is 0 Å². The van der Waals surface area contributed by atoms with Crippen molar-refractivity contribution < 1.29 is 63.5 Å². The lowest BCUT2D eigenvalue weighted by molar-refractivity contribution is -0.139. The number of hydrogen-bond donors (Lipinski definition) is 11. The standard InChI is InChI=1S/C49H90N6O13S/c56-42(20-15-13-11-9-7-5-3-1-2-4-6-8-10-12-14-16-21-46(60)61)53-37-38-22-24-39(25-23-38)47(62)54-40(48(63)64)26-27-43(57)51-31-33-67-35-36-68-34-32-52-45(59)29-28-44(58)50-30-18-17-19-41(55-69)49(65)66/h38-41,48,55,63-64,69H,1-37H2,(H,50,58)(H,51,57)(H,52,59)(H,53,56)(H,54,62)(H,60,61)(H,65,66). The van der Waals surface area contributed by atoms with Gasteiger partial charge in [0.2, 0.25) is 29.5 Å². The van der Waals surface area contributed by atoms with E-state index >= 15 is 0 Å². The number of hydrogen-bond acceptors (Lipinski definition) is 13. The molecule has 0 bridgehead atoms. The number of amides is 5. The Morgan fingerprint density at radius 1 is 0.493 bits per heavy atom. The van der Waals surface area contributed by atoms with Crippen molar-refractivity contribution in [2.45, 2.75) is 205 Å². The SMILES string of the molecule is O=C(O)CCCCCCCCCCCCCCCCCCC(=O)NCC1CCC(C(=O)NC(CCC(=O)NCCOCCOCCNC(=O)CCC(=O)NCCCCC(NS)C(=O)O)C(O)O)CC1. The second kappa shape index (κ2) is 43.2. The first-order valence-corrected chi connectivity index (χ1v) is 26.5. The van der Waals surface area contributed by atoms with Gasteiger partial charge in [0.05, 0.1) is 32.5 Å². The van der Waals surface area contributed by atoms with E-state index in [-0.39, 0.29) is 101 Å². The third-order valence-electron chi connectivity index (χ3n) is 12.5. The third kappa shape index (κ3) is 37.9. The Balaban J connectivity index is 2.00. The van der Waals surface area contributed by atoms with E-state index in [0.717, 1.165) is 51.4 Å². The third-order valence-corrected chi connectivity index (χ3v) is 12.8. The number of carboxylic acids is 2. The van der Waals surface area contributed by atoms with Gasteiger partial charge in [0.1, 0.15) is 6.04 Å². The fraction of sp³-hybridized carbons (Fsp3) is 0.857. The Kier molecular flexibility index (Phi) is 39.8. The average Bonchev–Trinajstić information content (AvgIpc) is 3.32. The second-order valence-electron chi connectivity index (χ2n) is 18.4. The van der Waals surface area contributed by atoms with Crippen LogP contribution in [0.4, 0.5) is 0 Å². The van der Waals surface area contributed by atoms with Crippen molar-refractivity contribution in [1.29, 1.82) is 0 Å². The van der Waals surface area contributed by atoms with Gasteiger partial charge in [0.25, 0.3) is 0 Å². The van der Waals surface area contributed by atoms with Crippen molar-refractivity contribution in [3.8, 4) is 0 Å². The van der Waals surface area contributed by atoms with Gasteiger partial charge >= 0.3 is 11.9 Å². The molecule has 1 aliphatic rings. The van der Waals surface area contributed by atoms with Crippen LogP contribution in [0.2, 0.25) is 0 Å². The van der Waals surface area contributed by atoms with Crippen LogP contribution in [0.5, 0.6) is 0 Å². The van der Waals surface area contributed by atoms with Crippen LogP contribution < -0.4 is 31.3 Å². The van der Waals surface area contributed by atoms with E-state index in [2.05, 4.69) is 44.1 Å². The molecule has 1 saturated carbocycles. The molecular weight excluding hydrogens is 913 g/mol. The zero-order valence-corrected chi connectivity index (χ0v) is 42.4. The highest BCUT2D eigenvalue weighted by Crippen LogP contribution is 2.29. The van der Waals surface area contributed by atoms with E-state index in [9.17, 15) is 43.8 Å². The zero-order valence-electron chi connectivity index (χ0n) is 41.5. The van der Waals surface area contributed by atoms with Crippen molar-refractivity contribution in [2.24, 2.45) is 11.8 Å². The van der Waals surface area contributed by atoms with E-state index in [1.165, 1.54) is 64.2 Å². The molecule has 20 heteroatoms. The van der Waals surface area contributed by atoms with Crippen molar-refractivity contribution >= 4 is 54.3 Å². The van der Waals surface area contributed by atoms with Gasteiger partial charge in [-0.25, -0.2) is 0 Å². The van der Waals surface area contributed by atoms with Crippen LogP contribution in [0.25, 0.3) is 0 Å². The zero-order chi connectivity index (χ0) is 50.7. The van der Waals surface area contributed by atoms with Crippen LogP contribution in [-0.2, 0) is 43.0 Å². The summed E-state index contributed by atoms with van der Waals surface area (Å²) in [7, 11) is 0. The van der Waals surface area contributed by atoms with E-state index in [4.69, 9.17) is 19.7 Å². The molecule has 0 radical (unpaired) electrons. The number of ether oxygens (including phenoxy) is 2. The number of rotatable bonds is 46. The molecule has 1 fully saturated rings. The maximum atomic E-state index is 13.0. The lowest BCUT2D eigenvalue weighted by atomic mass is 9.81. The highest BCUT2D eigenvalue weighted by atomic mass is 32.1. The van der Waals surface area contributed by atoms with E-state index in [0.29, 0.717) is 64.0 Å². The average molecular weight is 1000 g/mol. The van der Waals surface area contributed by atoms with Gasteiger partial charge in [-0.2, -0.15) is 0 Å². The number of aliphatic hydroxyl groups excluding tert-OH is 1. The molecule has 0 heterocycles. The smallest absolute Gasteiger partial charge is 0.321 e. The fourth-order valence-corrected chi connectivity index (χ4v) is 8.42. The summed E-state index contributed by atoms with van der Waals surface area (Å²) in [6.07, 6.45) is 22.3. The molecular formula is C49H90N6O13S. The van der Waals surface area contributed by atoms with Gasteiger partial charge in [-0.05, 0) is 70.1 Å². The summed E-state index contributed by atoms with van der Waals surface area (Å²) >= 11 is 3.79. The van der Waals surface area contributed by atoms with Crippen molar-refractivity contribution in [3.63, 3.8) is 0 Å².